The predicted octanol–water partition coefficient (Wildman–Crippen LogP) is 3.43. The van der Waals surface area contributed by atoms with Crippen molar-refractivity contribution < 1.29 is 4.74 Å². The third-order valence-electron chi connectivity index (χ3n) is 3.54. The average molecular weight is 296 g/mol. The maximum Gasteiger partial charge on any atom is 0.254 e. The van der Waals surface area contributed by atoms with Crippen molar-refractivity contribution in [1.82, 2.24) is 4.98 Å². The van der Waals surface area contributed by atoms with Crippen LogP contribution in [0.3, 0.4) is 0 Å². The molecule has 114 valence electrons. The molecule has 0 radical (unpaired) electrons. The van der Waals surface area contributed by atoms with E-state index in [0.717, 1.165) is 11.1 Å². The SMILES string of the molecule is Cc1cc(OCc2ccc[nH]c2=O)c(C(C)(C)C)cc1C#N. The van der Waals surface area contributed by atoms with Gasteiger partial charge in [0.1, 0.15) is 12.4 Å². The fourth-order valence-corrected chi connectivity index (χ4v) is 2.23. The van der Waals surface area contributed by atoms with Gasteiger partial charge in [0, 0.05) is 11.8 Å². The molecule has 4 nitrogen and oxygen atoms in total. The fraction of sp³-hybridized carbons (Fsp3) is 0.333. The lowest BCUT2D eigenvalue weighted by Gasteiger charge is -2.23. The van der Waals surface area contributed by atoms with E-state index in [-0.39, 0.29) is 17.6 Å². The number of aromatic amines is 1. The van der Waals surface area contributed by atoms with Crippen molar-refractivity contribution in [1.29, 1.82) is 5.26 Å². The molecule has 4 heteroatoms. The van der Waals surface area contributed by atoms with E-state index in [1.165, 1.54) is 0 Å². The van der Waals surface area contributed by atoms with E-state index < -0.39 is 0 Å². The highest BCUT2D eigenvalue weighted by atomic mass is 16.5. The molecule has 0 aliphatic carbocycles. The lowest BCUT2D eigenvalue weighted by Crippen LogP contribution is -2.17. The van der Waals surface area contributed by atoms with Gasteiger partial charge >= 0.3 is 0 Å². The summed E-state index contributed by atoms with van der Waals surface area (Å²) in [6.07, 6.45) is 1.60. The zero-order valence-corrected chi connectivity index (χ0v) is 13.4. The quantitative estimate of drug-likeness (QED) is 0.943. The summed E-state index contributed by atoms with van der Waals surface area (Å²) in [7, 11) is 0. The average Bonchev–Trinajstić information content (AvgIpc) is 2.45. The first-order valence-electron chi connectivity index (χ1n) is 7.17. The van der Waals surface area contributed by atoms with Gasteiger partial charge in [-0.3, -0.25) is 4.79 Å². The number of hydrogen-bond acceptors (Lipinski definition) is 3. The van der Waals surface area contributed by atoms with Crippen molar-refractivity contribution in [2.75, 3.05) is 0 Å². The number of ether oxygens (including phenoxy) is 1. The molecule has 1 heterocycles. The molecule has 0 saturated carbocycles. The summed E-state index contributed by atoms with van der Waals surface area (Å²) in [5.41, 5.74) is 2.75. The van der Waals surface area contributed by atoms with Gasteiger partial charge in [-0.15, -0.1) is 0 Å². The highest BCUT2D eigenvalue weighted by molar-refractivity contribution is 5.50. The topological polar surface area (TPSA) is 65.9 Å². The molecule has 0 unspecified atom stereocenters. The highest BCUT2D eigenvalue weighted by Crippen LogP contribution is 2.34. The van der Waals surface area contributed by atoms with Crippen LogP contribution in [0.2, 0.25) is 0 Å². The van der Waals surface area contributed by atoms with Crippen LogP contribution in [0.4, 0.5) is 0 Å². The van der Waals surface area contributed by atoms with Crippen LogP contribution in [0.1, 0.15) is 43.0 Å². The van der Waals surface area contributed by atoms with Crippen LogP contribution in [-0.2, 0) is 12.0 Å². The molecule has 0 aliphatic heterocycles. The van der Waals surface area contributed by atoms with Gasteiger partial charge in [-0.1, -0.05) is 20.8 Å². The Morgan fingerprint density at radius 2 is 2.05 bits per heavy atom. The van der Waals surface area contributed by atoms with Crippen molar-refractivity contribution >= 4 is 0 Å². The van der Waals surface area contributed by atoms with Gasteiger partial charge in [0.2, 0.25) is 0 Å². The zero-order chi connectivity index (χ0) is 16.3. The van der Waals surface area contributed by atoms with E-state index in [4.69, 9.17) is 4.74 Å². The molecular formula is C18H20N2O2. The molecule has 1 aromatic heterocycles. The Labute approximate surface area is 130 Å². The van der Waals surface area contributed by atoms with Crippen molar-refractivity contribution in [3.8, 4) is 11.8 Å². The van der Waals surface area contributed by atoms with Crippen LogP contribution in [0.15, 0.2) is 35.3 Å². The Morgan fingerprint density at radius 3 is 2.64 bits per heavy atom. The molecule has 2 rings (SSSR count). The number of pyridine rings is 1. The Bertz CT molecular complexity index is 777. The van der Waals surface area contributed by atoms with E-state index in [2.05, 4.69) is 31.8 Å². The Hall–Kier alpha value is -2.54. The summed E-state index contributed by atoms with van der Waals surface area (Å²) in [6, 6.07) is 9.47. The van der Waals surface area contributed by atoms with Gasteiger partial charge < -0.3 is 9.72 Å². The number of aromatic nitrogens is 1. The lowest BCUT2D eigenvalue weighted by atomic mass is 9.84. The molecule has 0 spiro atoms. The molecule has 0 atom stereocenters. The molecule has 0 bridgehead atoms. The highest BCUT2D eigenvalue weighted by Gasteiger charge is 2.21. The normalized spacial score (nSPS) is 11.0. The van der Waals surface area contributed by atoms with Gasteiger partial charge in [-0.2, -0.15) is 5.26 Å². The minimum atomic E-state index is -0.155. The number of nitriles is 1. The first-order chi connectivity index (χ1) is 10.3. The fourth-order valence-electron chi connectivity index (χ4n) is 2.23. The number of benzene rings is 1. The largest absolute Gasteiger partial charge is 0.488 e. The van der Waals surface area contributed by atoms with Crippen LogP contribution in [0, 0.1) is 18.3 Å². The second kappa shape index (κ2) is 6.07. The summed E-state index contributed by atoms with van der Waals surface area (Å²) >= 11 is 0. The number of hydrogen-bond donors (Lipinski definition) is 1. The van der Waals surface area contributed by atoms with Crippen molar-refractivity contribution in [2.24, 2.45) is 0 Å². The number of nitrogens with zero attached hydrogens (tertiary/aromatic N) is 1. The minimum Gasteiger partial charge on any atom is -0.488 e. The molecule has 1 N–H and O–H groups in total. The van der Waals surface area contributed by atoms with Crippen molar-refractivity contribution in [3.05, 3.63) is 63.1 Å². The number of aryl methyl sites for hydroxylation is 1. The van der Waals surface area contributed by atoms with E-state index in [1.54, 1.807) is 18.3 Å². The summed E-state index contributed by atoms with van der Waals surface area (Å²) in [5, 5.41) is 9.21. The maximum absolute atomic E-state index is 11.7. The van der Waals surface area contributed by atoms with E-state index in [0.29, 0.717) is 16.9 Å². The predicted molar refractivity (Wildman–Crippen MR) is 86.0 cm³/mol. The molecule has 0 fully saturated rings. The van der Waals surface area contributed by atoms with Gasteiger partial charge in [0.05, 0.1) is 17.2 Å². The number of H-pyrrole nitrogens is 1. The standard InChI is InChI=1S/C18H20N2O2/c1-12-8-16(15(18(2,3)4)9-14(12)10-19)22-11-13-6-5-7-20-17(13)21/h5-9H,11H2,1-4H3,(H,20,21). The Balaban J connectivity index is 2.38. The van der Waals surface area contributed by atoms with Crippen LogP contribution < -0.4 is 10.3 Å². The Kier molecular flexibility index (Phi) is 4.37. The van der Waals surface area contributed by atoms with E-state index >= 15 is 0 Å². The van der Waals surface area contributed by atoms with Gasteiger partial charge in [-0.25, -0.2) is 0 Å². The summed E-state index contributed by atoms with van der Waals surface area (Å²) in [4.78, 5) is 14.3. The molecular weight excluding hydrogens is 276 g/mol. The van der Waals surface area contributed by atoms with Gasteiger partial charge in [-0.05, 0) is 42.2 Å². The first kappa shape index (κ1) is 15.8. The maximum atomic E-state index is 11.7. The van der Waals surface area contributed by atoms with Crippen LogP contribution in [0.5, 0.6) is 5.75 Å². The van der Waals surface area contributed by atoms with Crippen LogP contribution in [-0.4, -0.2) is 4.98 Å². The summed E-state index contributed by atoms with van der Waals surface area (Å²) < 4.78 is 5.88. The third kappa shape index (κ3) is 3.37. The molecule has 0 amide bonds. The van der Waals surface area contributed by atoms with Gasteiger partial charge in [0.15, 0.2) is 0 Å². The molecule has 1 aromatic carbocycles. The molecule has 22 heavy (non-hydrogen) atoms. The molecule has 0 aliphatic rings. The van der Waals surface area contributed by atoms with Gasteiger partial charge in [0.25, 0.3) is 5.56 Å². The monoisotopic (exact) mass is 296 g/mol. The van der Waals surface area contributed by atoms with Crippen LogP contribution >= 0.6 is 0 Å². The van der Waals surface area contributed by atoms with E-state index in [1.807, 2.05) is 19.1 Å². The molecule has 2 aromatic rings. The zero-order valence-electron chi connectivity index (χ0n) is 13.4. The van der Waals surface area contributed by atoms with Crippen molar-refractivity contribution in [3.63, 3.8) is 0 Å². The Morgan fingerprint density at radius 1 is 1.32 bits per heavy atom. The summed E-state index contributed by atoms with van der Waals surface area (Å²) in [5.74, 6) is 0.715. The van der Waals surface area contributed by atoms with Crippen LogP contribution in [0.25, 0.3) is 0 Å². The van der Waals surface area contributed by atoms with Crippen molar-refractivity contribution in [2.45, 2.75) is 39.7 Å². The minimum absolute atomic E-state index is 0.148. The molecule has 0 saturated heterocycles. The lowest BCUT2D eigenvalue weighted by molar-refractivity contribution is 0.295. The third-order valence-corrected chi connectivity index (χ3v) is 3.54. The summed E-state index contributed by atoms with van der Waals surface area (Å²) in [6.45, 7) is 8.29. The number of rotatable bonds is 3. The number of nitrogens with one attached hydrogen (secondary N) is 1. The second-order valence-corrected chi connectivity index (χ2v) is 6.34. The van der Waals surface area contributed by atoms with E-state index in [9.17, 15) is 10.1 Å². The second-order valence-electron chi connectivity index (χ2n) is 6.34. The first-order valence-corrected chi connectivity index (χ1v) is 7.17. The smallest absolute Gasteiger partial charge is 0.254 e.